The van der Waals surface area contributed by atoms with Gasteiger partial charge in [-0.05, 0) is 36.8 Å². The number of carbonyl (C=O) groups excluding carboxylic acids is 1. The molecular weight excluding hydrogens is 290 g/mol. The van der Waals surface area contributed by atoms with Gasteiger partial charge < -0.3 is 10.0 Å². The van der Waals surface area contributed by atoms with Crippen molar-refractivity contribution in [3.8, 4) is 6.07 Å². The highest BCUT2D eigenvalue weighted by atomic mass is 16.3. The molecule has 0 aliphatic rings. The number of benzene rings is 1. The number of hydrogen-bond acceptors (Lipinski definition) is 4. The largest absolute Gasteiger partial charge is 0.394 e. The molecule has 0 bridgehead atoms. The molecule has 0 fully saturated rings. The van der Waals surface area contributed by atoms with E-state index in [-0.39, 0.29) is 18.6 Å². The van der Waals surface area contributed by atoms with Crippen LogP contribution in [0.2, 0.25) is 0 Å². The first-order valence-electron chi connectivity index (χ1n) is 7.51. The fourth-order valence-electron chi connectivity index (χ4n) is 2.37. The Morgan fingerprint density at radius 2 is 2.17 bits per heavy atom. The van der Waals surface area contributed by atoms with Crippen LogP contribution in [0.5, 0.6) is 0 Å². The van der Waals surface area contributed by atoms with Crippen molar-refractivity contribution in [2.24, 2.45) is 0 Å². The van der Waals surface area contributed by atoms with Gasteiger partial charge in [0.15, 0.2) is 0 Å². The van der Waals surface area contributed by atoms with Crippen LogP contribution in [0.4, 0.5) is 0 Å². The molecule has 0 saturated heterocycles. The highest BCUT2D eigenvalue weighted by molar-refractivity contribution is 5.94. The van der Waals surface area contributed by atoms with Crippen molar-refractivity contribution in [1.82, 2.24) is 9.88 Å². The molecule has 5 heteroatoms. The number of hydrogen-bond donors (Lipinski definition) is 1. The van der Waals surface area contributed by atoms with Crippen molar-refractivity contribution in [3.63, 3.8) is 0 Å². The molecule has 23 heavy (non-hydrogen) atoms. The van der Waals surface area contributed by atoms with Gasteiger partial charge in [-0.3, -0.25) is 9.78 Å². The second kappa shape index (κ2) is 8.06. The highest BCUT2D eigenvalue weighted by Gasteiger charge is 2.24. The lowest BCUT2D eigenvalue weighted by molar-refractivity contribution is 0.0560. The first-order valence-corrected chi connectivity index (χ1v) is 7.51. The molecule has 2 aromatic rings. The van der Waals surface area contributed by atoms with Crippen molar-refractivity contribution in [2.45, 2.75) is 25.9 Å². The molecule has 1 N–H and O–H groups in total. The summed E-state index contributed by atoms with van der Waals surface area (Å²) < 4.78 is 0. The standard InChI is InChI=1S/C18H19N3O2/c1-2-17(13-22)21(12-16-8-3-4-9-20-16)18(23)15-7-5-6-14(10-15)11-19/h3-10,17,22H,2,12-13H2,1H3/t17-/m0/s1. The van der Waals surface area contributed by atoms with Crippen molar-refractivity contribution >= 4 is 5.91 Å². The molecular formula is C18H19N3O2. The zero-order valence-corrected chi connectivity index (χ0v) is 13.0. The maximum atomic E-state index is 12.9. The summed E-state index contributed by atoms with van der Waals surface area (Å²) in [5.41, 5.74) is 1.63. The van der Waals surface area contributed by atoms with Gasteiger partial charge in [0, 0.05) is 11.8 Å². The van der Waals surface area contributed by atoms with Crippen LogP contribution < -0.4 is 0 Å². The number of aliphatic hydroxyl groups excluding tert-OH is 1. The van der Waals surface area contributed by atoms with E-state index in [1.54, 1.807) is 35.4 Å². The Labute approximate surface area is 135 Å². The minimum absolute atomic E-state index is 0.118. The summed E-state index contributed by atoms with van der Waals surface area (Å²) in [5, 5.41) is 18.6. The summed E-state index contributed by atoms with van der Waals surface area (Å²) in [6.07, 6.45) is 2.31. The van der Waals surface area contributed by atoms with E-state index in [1.165, 1.54) is 0 Å². The summed E-state index contributed by atoms with van der Waals surface area (Å²) in [5.74, 6) is -0.214. The molecule has 0 aliphatic heterocycles. The van der Waals surface area contributed by atoms with Gasteiger partial charge in [0.25, 0.3) is 5.91 Å². The first-order chi connectivity index (χ1) is 11.2. The third-order valence-electron chi connectivity index (χ3n) is 3.68. The molecule has 0 aliphatic carbocycles. The van der Waals surface area contributed by atoms with Gasteiger partial charge in [-0.1, -0.05) is 19.1 Å². The quantitative estimate of drug-likeness (QED) is 0.888. The van der Waals surface area contributed by atoms with Crippen LogP contribution in [0.1, 0.15) is 35.0 Å². The number of nitrogens with zero attached hydrogens (tertiary/aromatic N) is 3. The highest BCUT2D eigenvalue weighted by Crippen LogP contribution is 2.15. The van der Waals surface area contributed by atoms with Crippen molar-refractivity contribution < 1.29 is 9.90 Å². The molecule has 5 nitrogen and oxygen atoms in total. The number of carbonyl (C=O) groups is 1. The van der Waals surface area contributed by atoms with Gasteiger partial charge in [-0.25, -0.2) is 0 Å². The number of rotatable bonds is 6. The number of aromatic nitrogens is 1. The topological polar surface area (TPSA) is 77.2 Å². The average Bonchev–Trinajstić information content (AvgIpc) is 2.62. The molecule has 0 unspecified atom stereocenters. The molecule has 2 rings (SSSR count). The smallest absolute Gasteiger partial charge is 0.254 e. The predicted octanol–water partition coefficient (Wildman–Crippen LogP) is 2.37. The SMILES string of the molecule is CC[C@@H](CO)N(Cc1ccccn1)C(=O)c1cccc(C#N)c1. The molecule has 1 heterocycles. The number of amides is 1. The minimum atomic E-state index is -0.296. The molecule has 1 aromatic carbocycles. The summed E-state index contributed by atoms with van der Waals surface area (Å²) in [6.45, 7) is 2.12. The maximum Gasteiger partial charge on any atom is 0.254 e. The number of aliphatic hydroxyl groups is 1. The fourth-order valence-corrected chi connectivity index (χ4v) is 2.37. The van der Waals surface area contributed by atoms with E-state index in [9.17, 15) is 9.90 Å². The van der Waals surface area contributed by atoms with E-state index in [1.807, 2.05) is 31.2 Å². The van der Waals surface area contributed by atoms with Crippen LogP contribution in [-0.4, -0.2) is 33.5 Å². The molecule has 0 saturated carbocycles. The lowest BCUT2D eigenvalue weighted by Gasteiger charge is -2.30. The normalized spacial score (nSPS) is 11.5. The van der Waals surface area contributed by atoms with Crippen molar-refractivity contribution in [1.29, 1.82) is 5.26 Å². The maximum absolute atomic E-state index is 12.9. The fraction of sp³-hybridized carbons (Fsp3) is 0.278. The number of nitriles is 1. The van der Waals surface area contributed by atoms with E-state index in [0.29, 0.717) is 24.1 Å². The van der Waals surface area contributed by atoms with Gasteiger partial charge in [0.05, 0.1) is 36.5 Å². The van der Waals surface area contributed by atoms with E-state index >= 15 is 0 Å². The van der Waals surface area contributed by atoms with Crippen LogP contribution in [-0.2, 0) is 6.54 Å². The summed E-state index contributed by atoms with van der Waals surface area (Å²) in [6, 6.07) is 13.8. The van der Waals surface area contributed by atoms with Crippen molar-refractivity contribution in [2.75, 3.05) is 6.61 Å². The lowest BCUT2D eigenvalue weighted by Crippen LogP contribution is -2.41. The van der Waals surface area contributed by atoms with E-state index in [2.05, 4.69) is 4.98 Å². The molecule has 1 aromatic heterocycles. The molecule has 0 spiro atoms. The average molecular weight is 309 g/mol. The van der Waals surface area contributed by atoms with Gasteiger partial charge in [0.2, 0.25) is 0 Å². The Kier molecular flexibility index (Phi) is 5.84. The molecule has 1 amide bonds. The third kappa shape index (κ3) is 4.15. The summed E-state index contributed by atoms with van der Waals surface area (Å²) in [7, 11) is 0. The van der Waals surface area contributed by atoms with Gasteiger partial charge in [-0.15, -0.1) is 0 Å². The first kappa shape index (κ1) is 16.7. The van der Waals surface area contributed by atoms with Crippen LogP contribution in [0.25, 0.3) is 0 Å². The Hall–Kier alpha value is -2.71. The van der Waals surface area contributed by atoms with Crippen LogP contribution in [0.3, 0.4) is 0 Å². The van der Waals surface area contributed by atoms with Crippen LogP contribution in [0, 0.1) is 11.3 Å². The second-order valence-corrected chi connectivity index (χ2v) is 5.19. The summed E-state index contributed by atoms with van der Waals surface area (Å²) >= 11 is 0. The van der Waals surface area contributed by atoms with Gasteiger partial charge in [-0.2, -0.15) is 5.26 Å². The zero-order chi connectivity index (χ0) is 16.7. The van der Waals surface area contributed by atoms with Gasteiger partial charge in [0.1, 0.15) is 0 Å². The zero-order valence-electron chi connectivity index (χ0n) is 13.0. The Bertz CT molecular complexity index is 691. The third-order valence-corrected chi connectivity index (χ3v) is 3.68. The Morgan fingerprint density at radius 1 is 1.35 bits per heavy atom. The van der Waals surface area contributed by atoms with Crippen LogP contribution in [0.15, 0.2) is 48.7 Å². The van der Waals surface area contributed by atoms with E-state index < -0.39 is 0 Å². The molecule has 118 valence electrons. The molecule has 0 radical (unpaired) electrons. The predicted molar refractivity (Wildman–Crippen MR) is 86.4 cm³/mol. The lowest BCUT2D eigenvalue weighted by atomic mass is 10.1. The van der Waals surface area contributed by atoms with E-state index in [0.717, 1.165) is 5.69 Å². The van der Waals surface area contributed by atoms with E-state index in [4.69, 9.17) is 5.26 Å². The monoisotopic (exact) mass is 309 g/mol. The summed E-state index contributed by atoms with van der Waals surface area (Å²) in [4.78, 5) is 18.7. The Morgan fingerprint density at radius 3 is 2.78 bits per heavy atom. The minimum Gasteiger partial charge on any atom is -0.394 e. The van der Waals surface area contributed by atoms with Crippen molar-refractivity contribution in [3.05, 3.63) is 65.5 Å². The van der Waals surface area contributed by atoms with Crippen LogP contribution >= 0.6 is 0 Å². The second-order valence-electron chi connectivity index (χ2n) is 5.19. The van der Waals surface area contributed by atoms with Gasteiger partial charge >= 0.3 is 0 Å². The molecule has 1 atom stereocenters. The Balaban J connectivity index is 2.32. The number of pyridine rings is 1.